The fourth-order valence-electron chi connectivity index (χ4n) is 3.17. The van der Waals surface area contributed by atoms with Crippen LogP contribution in [0.3, 0.4) is 0 Å². The number of aryl methyl sites for hydroxylation is 2. The maximum Gasteiger partial charge on any atom is 0.573 e. The first-order chi connectivity index (χ1) is 17.0. The van der Waals surface area contributed by atoms with Crippen molar-refractivity contribution in [2.75, 3.05) is 13.2 Å². The van der Waals surface area contributed by atoms with Gasteiger partial charge in [0.15, 0.2) is 10.9 Å². The maximum atomic E-state index is 12.9. The minimum Gasteiger partial charge on any atom is -0.406 e. The van der Waals surface area contributed by atoms with Crippen molar-refractivity contribution < 1.29 is 27.4 Å². The molecule has 0 bridgehead atoms. The second-order valence-electron chi connectivity index (χ2n) is 8.09. The first-order valence-corrected chi connectivity index (χ1v) is 12.2. The van der Waals surface area contributed by atoms with Gasteiger partial charge in [0, 0.05) is 30.3 Å². The van der Waals surface area contributed by atoms with Crippen molar-refractivity contribution in [3.8, 4) is 11.4 Å². The van der Waals surface area contributed by atoms with Gasteiger partial charge in [0.1, 0.15) is 5.75 Å². The smallest absolute Gasteiger partial charge is 0.406 e. The van der Waals surface area contributed by atoms with Gasteiger partial charge in [-0.05, 0) is 64.4 Å². The molecule has 0 saturated heterocycles. The third kappa shape index (κ3) is 8.19. The van der Waals surface area contributed by atoms with Crippen LogP contribution in [-0.2, 0) is 10.5 Å². The number of aromatic nitrogens is 5. The monoisotopic (exact) mass is 524 g/mol. The summed E-state index contributed by atoms with van der Waals surface area (Å²) in [6.07, 6.45) is -4.07. The van der Waals surface area contributed by atoms with E-state index in [4.69, 9.17) is 4.74 Å². The van der Waals surface area contributed by atoms with Crippen LogP contribution in [0.1, 0.15) is 47.8 Å². The molecule has 1 amide bonds. The SMILES string of the molecule is Cc1cc(C)nc(SCc2c(C(=O)NCCCOC(C)C)nnn2-c2ccc(OC(F)(F)F)cc2)n1. The van der Waals surface area contributed by atoms with E-state index in [0.29, 0.717) is 36.1 Å². The molecular weight excluding hydrogens is 497 g/mol. The summed E-state index contributed by atoms with van der Waals surface area (Å²) in [6, 6.07) is 7.00. The molecule has 0 spiro atoms. The highest BCUT2D eigenvalue weighted by Gasteiger charge is 2.31. The molecule has 3 rings (SSSR count). The maximum absolute atomic E-state index is 12.9. The van der Waals surface area contributed by atoms with Crippen molar-refractivity contribution in [2.24, 2.45) is 0 Å². The number of carbonyl (C=O) groups excluding carboxylic acids is 1. The van der Waals surface area contributed by atoms with Crippen molar-refractivity contribution in [3.05, 3.63) is 53.1 Å². The first-order valence-electron chi connectivity index (χ1n) is 11.2. The number of thioether (sulfide) groups is 1. The van der Waals surface area contributed by atoms with E-state index in [1.165, 1.54) is 40.7 Å². The molecule has 0 unspecified atom stereocenters. The molecular formula is C23H27F3N6O3S. The summed E-state index contributed by atoms with van der Waals surface area (Å²) in [4.78, 5) is 21.7. The molecule has 3 aromatic rings. The molecule has 0 fully saturated rings. The number of carbonyl (C=O) groups is 1. The number of alkyl halides is 3. The third-order valence-corrected chi connectivity index (χ3v) is 5.51. The molecule has 0 radical (unpaired) electrons. The number of nitrogens with zero attached hydrogens (tertiary/aromatic N) is 5. The molecule has 0 aliphatic rings. The Morgan fingerprint density at radius 1 is 1.14 bits per heavy atom. The molecule has 9 nitrogen and oxygen atoms in total. The molecule has 1 N–H and O–H groups in total. The van der Waals surface area contributed by atoms with Gasteiger partial charge in [-0.2, -0.15) is 0 Å². The highest BCUT2D eigenvalue weighted by atomic mass is 32.2. The van der Waals surface area contributed by atoms with Crippen LogP contribution in [0.2, 0.25) is 0 Å². The highest BCUT2D eigenvalue weighted by molar-refractivity contribution is 7.98. The summed E-state index contributed by atoms with van der Waals surface area (Å²) in [5, 5.41) is 11.5. The third-order valence-electron chi connectivity index (χ3n) is 4.65. The topological polar surface area (TPSA) is 104 Å². The number of benzene rings is 1. The van der Waals surface area contributed by atoms with Crippen molar-refractivity contribution in [1.29, 1.82) is 0 Å². The molecule has 0 saturated carbocycles. The van der Waals surface area contributed by atoms with Gasteiger partial charge in [-0.25, -0.2) is 14.6 Å². The van der Waals surface area contributed by atoms with Gasteiger partial charge >= 0.3 is 6.36 Å². The van der Waals surface area contributed by atoms with Gasteiger partial charge in [0.2, 0.25) is 0 Å². The Bertz CT molecular complexity index is 1150. The van der Waals surface area contributed by atoms with Crippen LogP contribution in [0.4, 0.5) is 13.2 Å². The summed E-state index contributed by atoms with van der Waals surface area (Å²) in [5.41, 5.74) is 2.57. The number of hydrogen-bond acceptors (Lipinski definition) is 8. The Hall–Kier alpha value is -3.19. The number of hydrogen-bond donors (Lipinski definition) is 1. The average molecular weight is 525 g/mol. The lowest BCUT2D eigenvalue weighted by Crippen LogP contribution is -2.27. The van der Waals surface area contributed by atoms with Crippen LogP contribution in [0.15, 0.2) is 35.5 Å². The quantitative estimate of drug-likeness (QED) is 0.224. The highest BCUT2D eigenvalue weighted by Crippen LogP contribution is 2.26. The van der Waals surface area contributed by atoms with E-state index >= 15 is 0 Å². The average Bonchev–Trinajstić information content (AvgIpc) is 3.20. The predicted molar refractivity (Wildman–Crippen MR) is 127 cm³/mol. The van der Waals surface area contributed by atoms with Crippen molar-refractivity contribution in [3.63, 3.8) is 0 Å². The second kappa shape index (κ2) is 12.2. The molecule has 13 heteroatoms. The lowest BCUT2D eigenvalue weighted by atomic mass is 10.2. The lowest BCUT2D eigenvalue weighted by Gasteiger charge is -2.11. The van der Waals surface area contributed by atoms with Crippen LogP contribution >= 0.6 is 11.8 Å². The van der Waals surface area contributed by atoms with E-state index in [1.807, 2.05) is 33.8 Å². The van der Waals surface area contributed by atoms with Gasteiger partial charge in [-0.3, -0.25) is 4.79 Å². The molecule has 0 aliphatic carbocycles. The minimum atomic E-state index is -4.80. The standard InChI is InChI=1S/C23H27F3N6O3S/c1-14(2)34-11-5-10-27-21(33)20-19(13-36-22-28-15(3)12-16(4)29-22)32(31-30-20)17-6-8-18(9-7-17)35-23(24,25)26/h6-9,12,14H,5,10-11,13H2,1-4H3,(H,27,33). The van der Waals surface area contributed by atoms with Crippen LogP contribution in [0.25, 0.3) is 5.69 Å². The number of rotatable bonds is 11. The number of halogens is 3. The fourth-order valence-corrected chi connectivity index (χ4v) is 4.11. The number of ether oxygens (including phenoxy) is 2. The van der Waals surface area contributed by atoms with Gasteiger partial charge in [0.25, 0.3) is 5.91 Å². The normalized spacial score (nSPS) is 11.7. The Morgan fingerprint density at radius 3 is 2.42 bits per heavy atom. The molecule has 194 valence electrons. The Morgan fingerprint density at radius 2 is 1.81 bits per heavy atom. The molecule has 0 atom stereocenters. The van der Waals surface area contributed by atoms with Gasteiger partial charge in [0.05, 0.1) is 17.5 Å². The van der Waals surface area contributed by atoms with Crippen molar-refractivity contribution in [1.82, 2.24) is 30.3 Å². The van der Waals surface area contributed by atoms with Crippen LogP contribution in [0, 0.1) is 13.8 Å². The van der Waals surface area contributed by atoms with Crippen LogP contribution < -0.4 is 10.1 Å². The van der Waals surface area contributed by atoms with Gasteiger partial charge in [-0.15, -0.1) is 18.3 Å². The number of amides is 1. The Labute approximate surface area is 210 Å². The molecule has 0 aliphatic heterocycles. The summed E-state index contributed by atoms with van der Waals surface area (Å²) in [7, 11) is 0. The largest absolute Gasteiger partial charge is 0.573 e. The van der Waals surface area contributed by atoms with Gasteiger partial charge in [-0.1, -0.05) is 17.0 Å². The van der Waals surface area contributed by atoms with E-state index in [-0.39, 0.29) is 23.3 Å². The number of nitrogens with one attached hydrogen (secondary N) is 1. The van der Waals surface area contributed by atoms with E-state index in [9.17, 15) is 18.0 Å². The molecule has 2 aromatic heterocycles. The summed E-state index contributed by atoms with van der Waals surface area (Å²) < 4.78 is 48.4. The fraction of sp³-hybridized carbons (Fsp3) is 0.435. The molecule has 1 aromatic carbocycles. The first kappa shape index (κ1) is 27.4. The Balaban J connectivity index is 1.82. The summed E-state index contributed by atoms with van der Waals surface area (Å²) in [6.45, 7) is 8.47. The lowest BCUT2D eigenvalue weighted by molar-refractivity contribution is -0.274. The van der Waals surface area contributed by atoms with E-state index in [2.05, 4.69) is 30.3 Å². The zero-order valence-electron chi connectivity index (χ0n) is 20.3. The zero-order valence-corrected chi connectivity index (χ0v) is 21.1. The second-order valence-corrected chi connectivity index (χ2v) is 9.03. The molecule has 2 heterocycles. The van der Waals surface area contributed by atoms with Crippen molar-refractivity contribution >= 4 is 17.7 Å². The zero-order chi connectivity index (χ0) is 26.3. The minimum absolute atomic E-state index is 0.102. The van der Waals surface area contributed by atoms with Crippen molar-refractivity contribution in [2.45, 2.75) is 57.5 Å². The van der Waals surface area contributed by atoms with Crippen LogP contribution in [0.5, 0.6) is 5.75 Å². The van der Waals surface area contributed by atoms with E-state index in [1.54, 1.807) is 0 Å². The van der Waals surface area contributed by atoms with Gasteiger partial charge < -0.3 is 14.8 Å². The summed E-state index contributed by atoms with van der Waals surface area (Å²) in [5.74, 6) is -0.539. The summed E-state index contributed by atoms with van der Waals surface area (Å²) >= 11 is 1.30. The van der Waals surface area contributed by atoms with Crippen LogP contribution in [-0.4, -0.2) is 56.5 Å². The Kier molecular flexibility index (Phi) is 9.26. The van der Waals surface area contributed by atoms with E-state index < -0.39 is 12.3 Å². The van der Waals surface area contributed by atoms with E-state index in [0.717, 1.165) is 11.4 Å². The molecule has 36 heavy (non-hydrogen) atoms. The predicted octanol–water partition coefficient (Wildman–Crippen LogP) is 4.41.